The number of isocyanates is 1. The Morgan fingerprint density at radius 1 is 1.39 bits per heavy atom. The molecule has 6 nitrogen and oxygen atoms in total. The number of hydrogen-bond acceptors (Lipinski definition) is 6. The summed E-state index contributed by atoms with van der Waals surface area (Å²) < 4.78 is 22.4. The number of aliphatic imine (C=N–C) groups is 1. The molecular formula is C11H21NO5Si. The monoisotopic (exact) mass is 275 g/mol. The quantitative estimate of drug-likeness (QED) is 0.305. The van der Waals surface area contributed by atoms with Gasteiger partial charge in [0.2, 0.25) is 6.08 Å². The molecule has 0 aromatic carbocycles. The molecule has 0 N–H and O–H groups in total. The molecule has 1 fully saturated rings. The first-order chi connectivity index (χ1) is 8.66. The number of ether oxygens (including phenoxy) is 1. The van der Waals surface area contributed by atoms with Crippen molar-refractivity contribution in [3.8, 4) is 0 Å². The minimum Gasteiger partial charge on any atom is -0.377 e. The molecule has 1 heterocycles. The summed E-state index contributed by atoms with van der Waals surface area (Å²) in [6.45, 7) is 0.437. The third kappa shape index (κ3) is 3.71. The van der Waals surface area contributed by atoms with Crippen LogP contribution < -0.4 is 0 Å². The smallest absolute Gasteiger partial charge is 0.377 e. The van der Waals surface area contributed by atoms with Gasteiger partial charge in [-0.1, -0.05) is 0 Å². The zero-order valence-electron chi connectivity index (χ0n) is 11.2. The minimum absolute atomic E-state index is 0.437. The molecule has 0 aromatic heterocycles. The van der Waals surface area contributed by atoms with E-state index in [2.05, 4.69) is 4.99 Å². The van der Waals surface area contributed by atoms with Crippen molar-refractivity contribution in [3.05, 3.63) is 0 Å². The van der Waals surface area contributed by atoms with Gasteiger partial charge in [-0.05, 0) is 12.8 Å². The Morgan fingerprint density at radius 3 is 2.67 bits per heavy atom. The predicted molar refractivity (Wildman–Crippen MR) is 66.9 cm³/mol. The molecule has 1 unspecified atom stereocenters. The van der Waals surface area contributed by atoms with E-state index in [0.29, 0.717) is 19.4 Å². The highest BCUT2D eigenvalue weighted by Gasteiger charge is 2.51. The van der Waals surface area contributed by atoms with Crippen LogP contribution in [-0.4, -0.2) is 48.5 Å². The largest absolute Gasteiger partial charge is 0.502 e. The second kappa shape index (κ2) is 7.13. The van der Waals surface area contributed by atoms with Crippen LogP contribution in [0.1, 0.15) is 25.7 Å². The maximum atomic E-state index is 10.0. The van der Waals surface area contributed by atoms with Crippen LogP contribution in [0.2, 0.25) is 6.04 Å². The number of methoxy groups -OCH3 is 1. The van der Waals surface area contributed by atoms with Crippen molar-refractivity contribution in [1.82, 2.24) is 0 Å². The number of nitrogens with zero attached hydrogens (tertiary/aromatic N) is 1. The molecule has 0 aromatic rings. The zero-order chi connectivity index (χ0) is 13.5. The average molecular weight is 275 g/mol. The lowest BCUT2D eigenvalue weighted by Gasteiger charge is -2.43. The third-order valence-corrected chi connectivity index (χ3v) is 6.16. The van der Waals surface area contributed by atoms with Gasteiger partial charge in [0.15, 0.2) is 5.79 Å². The van der Waals surface area contributed by atoms with Gasteiger partial charge in [-0.15, -0.1) is 0 Å². The van der Waals surface area contributed by atoms with Crippen LogP contribution in [0.15, 0.2) is 4.99 Å². The molecule has 1 atom stereocenters. The Morgan fingerprint density at radius 2 is 2.11 bits per heavy atom. The van der Waals surface area contributed by atoms with Crippen LogP contribution in [0, 0.1) is 0 Å². The molecule has 0 spiro atoms. The second-order valence-corrected chi connectivity index (χ2v) is 7.12. The molecule has 0 aliphatic carbocycles. The van der Waals surface area contributed by atoms with Crippen molar-refractivity contribution >= 4 is 14.9 Å². The van der Waals surface area contributed by atoms with Gasteiger partial charge in [0.25, 0.3) is 0 Å². The molecule has 1 rings (SSSR count). The Kier molecular flexibility index (Phi) is 6.14. The van der Waals surface area contributed by atoms with Crippen molar-refractivity contribution in [2.24, 2.45) is 4.99 Å². The summed E-state index contributed by atoms with van der Waals surface area (Å²) in [5, 5.41) is 0. The summed E-state index contributed by atoms with van der Waals surface area (Å²) in [5.74, 6) is -0.672. The van der Waals surface area contributed by atoms with Crippen molar-refractivity contribution in [2.45, 2.75) is 37.5 Å². The Labute approximate surface area is 109 Å². The van der Waals surface area contributed by atoms with Crippen molar-refractivity contribution in [1.29, 1.82) is 0 Å². The second-order valence-electron chi connectivity index (χ2n) is 4.24. The summed E-state index contributed by atoms with van der Waals surface area (Å²) in [6, 6.07) is 0.803. The van der Waals surface area contributed by atoms with Gasteiger partial charge in [-0.3, -0.25) is 0 Å². The zero-order valence-corrected chi connectivity index (χ0v) is 12.2. The van der Waals surface area contributed by atoms with Gasteiger partial charge in [0.1, 0.15) is 0 Å². The first kappa shape index (κ1) is 15.5. The van der Waals surface area contributed by atoms with Crippen LogP contribution in [0.25, 0.3) is 0 Å². The van der Waals surface area contributed by atoms with Crippen molar-refractivity contribution in [3.63, 3.8) is 0 Å². The minimum atomic E-state index is -2.59. The van der Waals surface area contributed by atoms with Crippen molar-refractivity contribution in [2.75, 3.05) is 27.9 Å². The molecule has 1 aliphatic rings. The van der Waals surface area contributed by atoms with E-state index >= 15 is 0 Å². The summed E-state index contributed by atoms with van der Waals surface area (Å²) in [6.07, 6.45) is 4.64. The van der Waals surface area contributed by atoms with Gasteiger partial charge < -0.3 is 18.0 Å². The number of rotatable bonds is 7. The van der Waals surface area contributed by atoms with E-state index in [1.807, 2.05) is 0 Å². The van der Waals surface area contributed by atoms with Gasteiger partial charge in [0.05, 0.1) is 6.54 Å². The normalized spacial score (nSPS) is 26.6. The van der Waals surface area contributed by atoms with Gasteiger partial charge in [0, 0.05) is 40.2 Å². The van der Waals surface area contributed by atoms with E-state index in [1.54, 1.807) is 21.3 Å². The highest BCUT2D eigenvalue weighted by molar-refractivity contribution is 6.60. The van der Waals surface area contributed by atoms with Crippen LogP contribution in [0.3, 0.4) is 0 Å². The van der Waals surface area contributed by atoms with Gasteiger partial charge in [-0.25, -0.2) is 9.79 Å². The molecule has 1 saturated heterocycles. The van der Waals surface area contributed by atoms with E-state index in [1.165, 1.54) is 6.08 Å². The summed E-state index contributed by atoms with van der Waals surface area (Å²) in [5.41, 5.74) is 0. The molecule has 1 aliphatic heterocycles. The fraction of sp³-hybridized carbons (Fsp3) is 0.909. The van der Waals surface area contributed by atoms with Crippen LogP contribution >= 0.6 is 0 Å². The highest BCUT2D eigenvalue weighted by atomic mass is 28.4. The molecule has 0 bridgehead atoms. The molecular weight excluding hydrogens is 254 g/mol. The maximum absolute atomic E-state index is 10.0. The SMILES string of the molecule is COC1(CCCN=C=O)CCC[Si](OC)(OC)O1. The first-order valence-corrected chi connectivity index (χ1v) is 7.98. The maximum Gasteiger partial charge on any atom is 0.502 e. The van der Waals surface area contributed by atoms with E-state index in [-0.39, 0.29) is 0 Å². The summed E-state index contributed by atoms with van der Waals surface area (Å²) in [7, 11) is 2.25. The van der Waals surface area contributed by atoms with E-state index in [4.69, 9.17) is 18.0 Å². The summed E-state index contributed by atoms with van der Waals surface area (Å²) >= 11 is 0. The molecule has 18 heavy (non-hydrogen) atoms. The molecule has 104 valence electrons. The summed E-state index contributed by atoms with van der Waals surface area (Å²) in [4.78, 5) is 13.5. The standard InChI is InChI=1S/C11H21NO5Si/c1-14-11(6-4-8-12-10-13)7-5-9-18(15-2,16-3)17-11/h4-9H2,1-3H3. The Hall–Kier alpha value is -0.563. The van der Waals surface area contributed by atoms with Crippen LogP contribution in [0.5, 0.6) is 0 Å². The van der Waals surface area contributed by atoms with Crippen LogP contribution in [-0.2, 0) is 22.8 Å². The highest BCUT2D eigenvalue weighted by Crippen LogP contribution is 2.37. The average Bonchev–Trinajstić information content (AvgIpc) is 2.44. The Bertz CT molecular complexity index is 304. The Balaban J connectivity index is 2.64. The van der Waals surface area contributed by atoms with Gasteiger partial charge in [-0.2, -0.15) is 0 Å². The topological polar surface area (TPSA) is 66.4 Å². The number of hydrogen-bond donors (Lipinski definition) is 0. The lowest BCUT2D eigenvalue weighted by molar-refractivity contribution is -0.211. The predicted octanol–water partition coefficient (Wildman–Crippen LogP) is 1.49. The van der Waals surface area contributed by atoms with Crippen LogP contribution in [0.4, 0.5) is 0 Å². The van der Waals surface area contributed by atoms with Gasteiger partial charge >= 0.3 is 8.80 Å². The fourth-order valence-corrected chi connectivity index (χ4v) is 4.53. The number of carbonyl (C=O) groups excluding carboxylic acids is 1. The van der Waals surface area contributed by atoms with E-state index in [9.17, 15) is 4.79 Å². The lowest BCUT2D eigenvalue weighted by atomic mass is 10.1. The molecule has 0 saturated carbocycles. The molecule has 0 radical (unpaired) electrons. The van der Waals surface area contributed by atoms with E-state index < -0.39 is 14.6 Å². The fourth-order valence-electron chi connectivity index (χ4n) is 2.23. The third-order valence-electron chi connectivity index (χ3n) is 3.27. The van der Waals surface area contributed by atoms with Crippen molar-refractivity contribution < 1.29 is 22.8 Å². The lowest BCUT2D eigenvalue weighted by Crippen LogP contribution is -2.56. The van der Waals surface area contributed by atoms with E-state index in [0.717, 1.165) is 18.9 Å². The first-order valence-electron chi connectivity index (χ1n) is 6.05. The molecule has 0 amide bonds. The molecule has 7 heteroatoms.